The first-order valence-electron chi connectivity index (χ1n) is 12.1. The van der Waals surface area contributed by atoms with Crippen molar-refractivity contribution in [1.82, 2.24) is 0 Å². The number of unbranched alkanes of at least 4 members (excludes halogenated alkanes) is 1. The van der Waals surface area contributed by atoms with Gasteiger partial charge in [0.2, 0.25) is 0 Å². The van der Waals surface area contributed by atoms with Crippen molar-refractivity contribution in [1.29, 1.82) is 0 Å². The van der Waals surface area contributed by atoms with Crippen molar-refractivity contribution in [2.75, 3.05) is 0 Å². The maximum Gasteiger partial charge on any atom is 0.111 e. The second-order valence-electron chi connectivity index (χ2n) is 10.6. The Bertz CT molecular complexity index is 672. The number of ether oxygens (including phenoxy) is 1. The Balaban J connectivity index is 2.06. The molecule has 0 spiro atoms. The molecule has 0 saturated carbocycles. The molecule has 0 bridgehead atoms. The van der Waals surface area contributed by atoms with E-state index in [1.54, 1.807) is 0 Å². The SMILES string of the molecule is C=C(C)CCCC(C)(O)CCCC1(C)CCC2=CC(O)C(C)=C(C)C2(CCCC)O1. The molecule has 0 aromatic carbocycles. The fourth-order valence-electron chi connectivity index (χ4n) is 5.27. The highest BCUT2D eigenvalue weighted by molar-refractivity contribution is 5.44. The van der Waals surface area contributed by atoms with Gasteiger partial charge in [0.05, 0.1) is 17.3 Å². The summed E-state index contributed by atoms with van der Waals surface area (Å²) in [5.74, 6) is 0. The number of allylic oxidation sites excluding steroid dienone is 1. The molecular weight excluding hydrogens is 372 g/mol. The first-order chi connectivity index (χ1) is 13.9. The Labute approximate surface area is 185 Å². The lowest BCUT2D eigenvalue weighted by atomic mass is 9.69. The Kier molecular flexibility index (Phi) is 8.58. The summed E-state index contributed by atoms with van der Waals surface area (Å²) in [4.78, 5) is 0. The minimum absolute atomic E-state index is 0.192. The van der Waals surface area contributed by atoms with Crippen LogP contribution >= 0.6 is 0 Å². The van der Waals surface area contributed by atoms with Gasteiger partial charge in [0.15, 0.2) is 0 Å². The van der Waals surface area contributed by atoms with Gasteiger partial charge in [-0.1, -0.05) is 25.3 Å². The molecule has 0 amide bonds. The Morgan fingerprint density at radius 1 is 1.23 bits per heavy atom. The second-order valence-corrected chi connectivity index (χ2v) is 10.6. The molecule has 172 valence electrons. The number of hydrogen-bond donors (Lipinski definition) is 2. The van der Waals surface area contributed by atoms with Gasteiger partial charge in [0.25, 0.3) is 0 Å². The minimum Gasteiger partial charge on any atom is -0.390 e. The third-order valence-electron chi connectivity index (χ3n) is 7.48. The zero-order valence-corrected chi connectivity index (χ0v) is 20.4. The molecule has 1 saturated heterocycles. The van der Waals surface area contributed by atoms with Crippen LogP contribution in [0.3, 0.4) is 0 Å². The van der Waals surface area contributed by atoms with Crippen molar-refractivity contribution < 1.29 is 14.9 Å². The largest absolute Gasteiger partial charge is 0.390 e. The van der Waals surface area contributed by atoms with Crippen LogP contribution in [0.4, 0.5) is 0 Å². The first-order valence-corrected chi connectivity index (χ1v) is 12.1. The summed E-state index contributed by atoms with van der Waals surface area (Å²) in [6, 6.07) is 0. The van der Waals surface area contributed by atoms with Crippen LogP contribution in [0.2, 0.25) is 0 Å². The van der Waals surface area contributed by atoms with Gasteiger partial charge in [-0.25, -0.2) is 0 Å². The van der Waals surface area contributed by atoms with E-state index in [9.17, 15) is 10.2 Å². The monoisotopic (exact) mass is 418 g/mol. The van der Waals surface area contributed by atoms with Gasteiger partial charge in [0, 0.05) is 0 Å². The maximum absolute atomic E-state index is 10.8. The van der Waals surface area contributed by atoms with Crippen molar-refractivity contribution >= 4 is 0 Å². The summed E-state index contributed by atoms with van der Waals surface area (Å²) in [6.07, 6.45) is 12.3. The molecule has 2 rings (SSSR count). The van der Waals surface area contributed by atoms with E-state index in [4.69, 9.17) is 4.74 Å². The average molecular weight is 419 g/mol. The van der Waals surface area contributed by atoms with Crippen LogP contribution in [-0.2, 0) is 4.74 Å². The topological polar surface area (TPSA) is 49.7 Å². The van der Waals surface area contributed by atoms with Crippen molar-refractivity contribution in [3.05, 3.63) is 34.9 Å². The predicted molar refractivity (Wildman–Crippen MR) is 127 cm³/mol. The van der Waals surface area contributed by atoms with Crippen LogP contribution in [-0.4, -0.2) is 33.1 Å². The van der Waals surface area contributed by atoms with Crippen molar-refractivity contribution in [3.63, 3.8) is 0 Å². The zero-order chi connectivity index (χ0) is 22.6. The van der Waals surface area contributed by atoms with Crippen LogP contribution in [0.15, 0.2) is 34.9 Å². The van der Waals surface area contributed by atoms with Crippen molar-refractivity contribution in [2.45, 2.75) is 135 Å². The summed E-state index contributed by atoms with van der Waals surface area (Å²) in [5, 5.41) is 21.3. The summed E-state index contributed by atoms with van der Waals surface area (Å²) in [7, 11) is 0. The third kappa shape index (κ3) is 6.08. The highest BCUT2D eigenvalue weighted by Crippen LogP contribution is 2.51. The molecular formula is C27H46O3. The number of fused-ring (bicyclic) bond motifs is 1. The lowest BCUT2D eigenvalue weighted by Gasteiger charge is -2.52. The number of aliphatic hydroxyl groups excluding tert-OH is 1. The zero-order valence-electron chi connectivity index (χ0n) is 20.4. The van der Waals surface area contributed by atoms with E-state index in [0.29, 0.717) is 0 Å². The maximum atomic E-state index is 10.8. The third-order valence-corrected chi connectivity index (χ3v) is 7.48. The number of hydrogen-bond acceptors (Lipinski definition) is 3. The summed E-state index contributed by atoms with van der Waals surface area (Å²) in [6.45, 7) is 16.6. The first kappa shape index (κ1) is 25.4. The molecule has 0 radical (unpaired) electrons. The molecule has 0 aromatic rings. The lowest BCUT2D eigenvalue weighted by molar-refractivity contribution is -0.147. The van der Waals surface area contributed by atoms with E-state index in [1.165, 1.54) is 16.7 Å². The molecule has 2 N–H and O–H groups in total. The Morgan fingerprint density at radius 3 is 2.53 bits per heavy atom. The van der Waals surface area contributed by atoms with E-state index >= 15 is 0 Å². The van der Waals surface area contributed by atoms with Crippen molar-refractivity contribution in [3.8, 4) is 0 Å². The fourth-order valence-corrected chi connectivity index (χ4v) is 5.27. The van der Waals surface area contributed by atoms with E-state index < -0.39 is 11.7 Å². The highest BCUT2D eigenvalue weighted by Gasteiger charge is 2.49. The van der Waals surface area contributed by atoms with Gasteiger partial charge in [-0.15, -0.1) is 6.58 Å². The molecule has 1 aliphatic carbocycles. The van der Waals surface area contributed by atoms with Gasteiger partial charge < -0.3 is 14.9 Å². The second kappa shape index (κ2) is 10.1. The molecule has 4 atom stereocenters. The van der Waals surface area contributed by atoms with E-state index in [2.05, 4.69) is 34.3 Å². The summed E-state index contributed by atoms with van der Waals surface area (Å²) in [5.41, 5.74) is 3.55. The molecule has 2 aliphatic rings. The molecule has 3 heteroatoms. The fraction of sp³-hybridized carbons (Fsp3) is 0.778. The standard InChI is InChI=1S/C27H46O3/c1-8-9-17-27-22(5)21(4)24(28)19-23(27)13-18-26(7,30-27)16-11-15-25(6,29)14-10-12-20(2)3/h19,24,28-29H,2,8-18H2,1,3-7H3. The van der Waals surface area contributed by atoms with Crippen LogP contribution in [0, 0.1) is 0 Å². The van der Waals surface area contributed by atoms with Crippen molar-refractivity contribution in [2.24, 2.45) is 0 Å². The molecule has 30 heavy (non-hydrogen) atoms. The van der Waals surface area contributed by atoms with Gasteiger partial charge in [0.1, 0.15) is 5.60 Å². The van der Waals surface area contributed by atoms with Crippen LogP contribution < -0.4 is 0 Å². The number of aliphatic hydroxyl groups is 2. The van der Waals surface area contributed by atoms with Gasteiger partial charge in [-0.3, -0.25) is 0 Å². The minimum atomic E-state index is -0.618. The van der Waals surface area contributed by atoms with Crippen LogP contribution in [0.5, 0.6) is 0 Å². The predicted octanol–water partition coefficient (Wildman–Crippen LogP) is 6.79. The van der Waals surface area contributed by atoms with E-state index in [0.717, 1.165) is 76.2 Å². The van der Waals surface area contributed by atoms with Crippen LogP contribution in [0.1, 0.15) is 112 Å². The Hall–Kier alpha value is -0.900. The molecule has 1 heterocycles. The smallest absolute Gasteiger partial charge is 0.111 e. The molecule has 4 unspecified atom stereocenters. The van der Waals surface area contributed by atoms with E-state index in [-0.39, 0.29) is 11.2 Å². The highest BCUT2D eigenvalue weighted by atomic mass is 16.5. The normalized spacial score (nSPS) is 31.2. The quantitative estimate of drug-likeness (QED) is 0.363. The summed E-state index contributed by atoms with van der Waals surface area (Å²) >= 11 is 0. The Morgan fingerprint density at radius 2 is 1.90 bits per heavy atom. The van der Waals surface area contributed by atoms with E-state index in [1.807, 2.05) is 19.9 Å². The lowest BCUT2D eigenvalue weighted by Crippen LogP contribution is -2.51. The van der Waals surface area contributed by atoms with Crippen LogP contribution in [0.25, 0.3) is 0 Å². The van der Waals surface area contributed by atoms with Gasteiger partial charge in [-0.2, -0.15) is 0 Å². The van der Waals surface area contributed by atoms with Gasteiger partial charge in [-0.05, 0) is 115 Å². The molecule has 1 fully saturated rings. The average Bonchev–Trinajstić information content (AvgIpc) is 2.65. The van der Waals surface area contributed by atoms with Gasteiger partial charge >= 0.3 is 0 Å². The molecule has 0 aromatic heterocycles. The molecule has 1 aliphatic heterocycles. The molecule has 3 nitrogen and oxygen atoms in total. The number of rotatable bonds is 11. The summed E-state index contributed by atoms with van der Waals surface area (Å²) < 4.78 is 7.00.